The molecule has 4 aromatic rings. The SMILES string of the molecule is Cc1nnc2n1-c1cc(C#Cc3cnn(C)c3)ccc1C(c1ccc(Cl)cc1)=N[C@H]2CC(N)=O. The van der Waals surface area contributed by atoms with Gasteiger partial charge in [-0.05, 0) is 37.3 Å². The molecular formula is C25H20ClN7O. The van der Waals surface area contributed by atoms with E-state index in [4.69, 9.17) is 22.3 Å². The van der Waals surface area contributed by atoms with Crippen LogP contribution >= 0.6 is 11.6 Å². The molecule has 1 aliphatic heterocycles. The Morgan fingerprint density at radius 1 is 1.12 bits per heavy atom. The maximum atomic E-state index is 11.9. The number of carbonyl (C=O) groups is 1. The van der Waals surface area contributed by atoms with Gasteiger partial charge in [0.15, 0.2) is 5.82 Å². The van der Waals surface area contributed by atoms with Crippen molar-refractivity contribution in [3.63, 3.8) is 0 Å². The first-order valence-corrected chi connectivity index (χ1v) is 11.0. The molecule has 2 aromatic carbocycles. The number of aliphatic imine (C=N–C) groups is 1. The van der Waals surface area contributed by atoms with E-state index in [1.54, 1.807) is 10.9 Å². The number of benzene rings is 2. The van der Waals surface area contributed by atoms with Gasteiger partial charge in [-0.25, -0.2) is 0 Å². The summed E-state index contributed by atoms with van der Waals surface area (Å²) in [5.74, 6) is 7.11. The van der Waals surface area contributed by atoms with E-state index in [1.807, 2.05) is 67.2 Å². The normalized spacial score (nSPS) is 14.3. The van der Waals surface area contributed by atoms with Crippen LogP contribution in [0.25, 0.3) is 5.69 Å². The zero-order chi connectivity index (χ0) is 23.8. The second-order valence-electron chi connectivity index (χ2n) is 8.00. The lowest BCUT2D eigenvalue weighted by atomic mass is 9.98. The third-order valence-electron chi connectivity index (χ3n) is 5.49. The fraction of sp³-hybridized carbons (Fsp3) is 0.160. The highest BCUT2D eigenvalue weighted by Gasteiger charge is 2.29. The van der Waals surface area contributed by atoms with Crippen molar-refractivity contribution in [1.29, 1.82) is 0 Å². The Morgan fingerprint density at radius 3 is 2.59 bits per heavy atom. The molecule has 34 heavy (non-hydrogen) atoms. The number of hydrogen-bond acceptors (Lipinski definition) is 5. The van der Waals surface area contributed by atoms with Crippen molar-refractivity contribution in [1.82, 2.24) is 24.5 Å². The summed E-state index contributed by atoms with van der Waals surface area (Å²) in [6.07, 6.45) is 3.59. The van der Waals surface area contributed by atoms with E-state index in [2.05, 4.69) is 27.1 Å². The van der Waals surface area contributed by atoms with E-state index >= 15 is 0 Å². The average molecular weight is 470 g/mol. The summed E-state index contributed by atoms with van der Waals surface area (Å²) in [6.45, 7) is 1.86. The summed E-state index contributed by atoms with van der Waals surface area (Å²) in [4.78, 5) is 16.8. The lowest BCUT2D eigenvalue weighted by Crippen LogP contribution is -2.17. The zero-order valence-corrected chi connectivity index (χ0v) is 19.3. The van der Waals surface area contributed by atoms with Gasteiger partial charge in [0.05, 0.1) is 29.6 Å². The van der Waals surface area contributed by atoms with Gasteiger partial charge in [-0.2, -0.15) is 5.10 Å². The maximum Gasteiger partial charge on any atom is 0.220 e. The Kier molecular flexibility index (Phi) is 5.48. The standard InChI is InChI=1S/C25H20ClN7O/c1-15-30-31-25-21(12-23(27)34)29-24(18-6-8-19(26)9-7-18)20-10-5-16(11-22(20)33(15)25)3-4-17-13-28-32(2)14-17/h5-11,13-14,21H,12H2,1-2H3,(H2,27,34)/t21-/m0/s1. The fourth-order valence-electron chi connectivity index (χ4n) is 3.97. The fourth-order valence-corrected chi connectivity index (χ4v) is 4.09. The van der Waals surface area contributed by atoms with Crippen molar-refractivity contribution in [3.8, 4) is 17.5 Å². The number of nitrogens with zero attached hydrogens (tertiary/aromatic N) is 6. The van der Waals surface area contributed by atoms with Crippen LogP contribution in [0, 0.1) is 18.8 Å². The van der Waals surface area contributed by atoms with Crippen molar-refractivity contribution < 1.29 is 4.79 Å². The molecule has 0 saturated heterocycles. The topological polar surface area (TPSA) is 104 Å². The monoisotopic (exact) mass is 469 g/mol. The number of aromatic nitrogens is 5. The summed E-state index contributed by atoms with van der Waals surface area (Å²) in [5, 5.41) is 13.4. The lowest BCUT2D eigenvalue weighted by molar-refractivity contribution is -0.118. The van der Waals surface area contributed by atoms with E-state index in [9.17, 15) is 4.79 Å². The van der Waals surface area contributed by atoms with Crippen molar-refractivity contribution >= 4 is 23.2 Å². The van der Waals surface area contributed by atoms with Crippen molar-refractivity contribution in [3.05, 3.63) is 93.8 Å². The predicted molar refractivity (Wildman–Crippen MR) is 129 cm³/mol. The van der Waals surface area contributed by atoms with Gasteiger partial charge in [0, 0.05) is 35.0 Å². The first-order chi connectivity index (χ1) is 16.4. The molecule has 9 heteroatoms. The molecule has 0 unspecified atom stereocenters. The summed E-state index contributed by atoms with van der Waals surface area (Å²) in [6, 6.07) is 12.8. The number of fused-ring (bicyclic) bond motifs is 3. The Labute approximate surface area is 201 Å². The van der Waals surface area contributed by atoms with Crippen LogP contribution < -0.4 is 5.73 Å². The molecule has 1 aliphatic rings. The van der Waals surface area contributed by atoms with Crippen LogP contribution in [-0.4, -0.2) is 36.2 Å². The molecule has 5 rings (SSSR count). The third kappa shape index (κ3) is 4.09. The van der Waals surface area contributed by atoms with Crippen LogP contribution in [0.4, 0.5) is 0 Å². The number of carbonyl (C=O) groups excluding carboxylic acids is 1. The zero-order valence-electron chi connectivity index (χ0n) is 18.5. The minimum Gasteiger partial charge on any atom is -0.370 e. The summed E-state index contributed by atoms with van der Waals surface area (Å²) < 4.78 is 3.63. The van der Waals surface area contributed by atoms with Gasteiger partial charge in [-0.3, -0.25) is 19.0 Å². The number of primary amides is 1. The van der Waals surface area contributed by atoms with Crippen LogP contribution in [0.3, 0.4) is 0 Å². The van der Waals surface area contributed by atoms with E-state index in [0.29, 0.717) is 16.7 Å². The van der Waals surface area contributed by atoms with Crippen LogP contribution in [0.5, 0.6) is 0 Å². The summed E-state index contributed by atoms with van der Waals surface area (Å²) in [7, 11) is 1.85. The van der Waals surface area contributed by atoms with Gasteiger partial charge in [0.1, 0.15) is 11.9 Å². The molecule has 0 bridgehead atoms. The number of halogens is 1. The third-order valence-corrected chi connectivity index (χ3v) is 5.75. The molecule has 0 aliphatic carbocycles. The number of nitrogens with two attached hydrogens (primary N) is 1. The van der Waals surface area contributed by atoms with Crippen LogP contribution in [0.1, 0.15) is 46.4 Å². The minimum atomic E-state index is -0.582. The molecule has 0 spiro atoms. The van der Waals surface area contributed by atoms with E-state index < -0.39 is 11.9 Å². The molecule has 0 radical (unpaired) electrons. The van der Waals surface area contributed by atoms with E-state index in [1.165, 1.54) is 0 Å². The predicted octanol–water partition coefficient (Wildman–Crippen LogP) is 3.13. The van der Waals surface area contributed by atoms with Crippen molar-refractivity contribution in [2.24, 2.45) is 17.8 Å². The molecule has 1 amide bonds. The Balaban J connectivity index is 1.71. The van der Waals surface area contributed by atoms with Crippen molar-refractivity contribution in [2.75, 3.05) is 0 Å². The number of hydrogen-bond donors (Lipinski definition) is 1. The molecular weight excluding hydrogens is 450 g/mol. The van der Waals surface area contributed by atoms with Gasteiger partial charge in [0.25, 0.3) is 0 Å². The first-order valence-electron chi connectivity index (χ1n) is 10.6. The molecule has 3 heterocycles. The highest BCUT2D eigenvalue weighted by molar-refractivity contribution is 6.30. The van der Waals surface area contributed by atoms with Gasteiger partial charge in [-0.1, -0.05) is 35.6 Å². The van der Waals surface area contributed by atoms with Crippen LogP contribution in [0.2, 0.25) is 5.02 Å². The average Bonchev–Trinajstić information content (AvgIpc) is 3.37. The molecule has 1 atom stereocenters. The van der Waals surface area contributed by atoms with Gasteiger partial charge in [-0.15, -0.1) is 10.2 Å². The highest BCUT2D eigenvalue weighted by atomic mass is 35.5. The van der Waals surface area contributed by atoms with E-state index in [0.717, 1.165) is 33.7 Å². The Morgan fingerprint density at radius 2 is 1.88 bits per heavy atom. The van der Waals surface area contributed by atoms with Crippen LogP contribution in [-0.2, 0) is 11.8 Å². The Hall–Kier alpha value is -4.22. The second-order valence-corrected chi connectivity index (χ2v) is 8.43. The highest BCUT2D eigenvalue weighted by Crippen LogP contribution is 2.33. The minimum absolute atomic E-state index is 0.0108. The first kappa shape index (κ1) is 21.6. The second kappa shape index (κ2) is 8.61. The molecule has 2 N–H and O–H groups in total. The smallest absolute Gasteiger partial charge is 0.220 e. The van der Waals surface area contributed by atoms with E-state index in [-0.39, 0.29) is 6.42 Å². The molecule has 168 valence electrons. The summed E-state index contributed by atoms with van der Waals surface area (Å²) in [5.41, 5.74) is 10.5. The maximum absolute atomic E-state index is 11.9. The largest absolute Gasteiger partial charge is 0.370 e. The molecule has 0 fully saturated rings. The van der Waals surface area contributed by atoms with Crippen molar-refractivity contribution in [2.45, 2.75) is 19.4 Å². The summed E-state index contributed by atoms with van der Waals surface area (Å²) >= 11 is 6.12. The number of amides is 1. The molecule has 2 aromatic heterocycles. The number of aryl methyl sites for hydroxylation is 2. The van der Waals surface area contributed by atoms with Crippen LogP contribution in [0.15, 0.2) is 59.9 Å². The van der Waals surface area contributed by atoms with Gasteiger partial charge < -0.3 is 5.73 Å². The van der Waals surface area contributed by atoms with Gasteiger partial charge >= 0.3 is 0 Å². The van der Waals surface area contributed by atoms with Gasteiger partial charge in [0.2, 0.25) is 5.91 Å². The number of rotatable bonds is 3. The molecule has 8 nitrogen and oxygen atoms in total. The Bertz CT molecular complexity index is 1500. The quantitative estimate of drug-likeness (QED) is 0.465. The lowest BCUT2D eigenvalue weighted by Gasteiger charge is -2.13. The molecule has 0 saturated carbocycles.